The van der Waals surface area contributed by atoms with Crippen LogP contribution in [0.15, 0.2) is 24.3 Å². The summed E-state index contributed by atoms with van der Waals surface area (Å²) in [5.74, 6) is -4.00. The van der Waals surface area contributed by atoms with E-state index in [-0.39, 0.29) is 18.5 Å². The van der Waals surface area contributed by atoms with E-state index < -0.39 is 35.1 Å². The highest BCUT2D eigenvalue weighted by atomic mass is 19.3. The lowest BCUT2D eigenvalue weighted by Gasteiger charge is -2.37. The molecule has 0 heterocycles. The fraction of sp³-hybridized carbons (Fsp3) is 0.462. The standard InChI is InChI=1S/C13H13F2NO4/c14-13(15)7-5-12(6-8-13,11(17)18)9-1-3-10(4-2-9)16(19)20/h1-4H,5-8H2,(H,17,18). The maximum Gasteiger partial charge on any atom is 0.314 e. The number of non-ortho nitro benzene ring substituents is 1. The van der Waals surface area contributed by atoms with Crippen molar-refractivity contribution in [2.45, 2.75) is 37.0 Å². The van der Waals surface area contributed by atoms with Gasteiger partial charge in [-0.05, 0) is 18.4 Å². The van der Waals surface area contributed by atoms with E-state index in [9.17, 15) is 28.8 Å². The van der Waals surface area contributed by atoms with Crippen molar-refractivity contribution in [3.8, 4) is 0 Å². The average molecular weight is 285 g/mol. The molecule has 0 radical (unpaired) electrons. The Morgan fingerprint density at radius 1 is 1.15 bits per heavy atom. The van der Waals surface area contributed by atoms with Crippen molar-refractivity contribution in [3.05, 3.63) is 39.9 Å². The zero-order valence-electron chi connectivity index (χ0n) is 10.5. The van der Waals surface area contributed by atoms with Crippen molar-refractivity contribution in [1.82, 2.24) is 0 Å². The first-order chi connectivity index (χ1) is 9.27. The van der Waals surface area contributed by atoms with E-state index in [1.54, 1.807) is 0 Å². The summed E-state index contributed by atoms with van der Waals surface area (Å²) in [6.45, 7) is 0. The highest BCUT2D eigenvalue weighted by Gasteiger charge is 2.49. The van der Waals surface area contributed by atoms with Crippen LogP contribution in [0.2, 0.25) is 0 Å². The monoisotopic (exact) mass is 285 g/mol. The highest BCUT2D eigenvalue weighted by Crippen LogP contribution is 2.45. The van der Waals surface area contributed by atoms with Crippen molar-refractivity contribution in [2.24, 2.45) is 0 Å². The Kier molecular flexibility index (Phi) is 3.45. The van der Waals surface area contributed by atoms with Gasteiger partial charge in [0.2, 0.25) is 5.92 Å². The molecule has 1 saturated carbocycles. The van der Waals surface area contributed by atoms with Crippen molar-refractivity contribution < 1.29 is 23.6 Å². The molecule has 0 aromatic heterocycles. The van der Waals surface area contributed by atoms with Gasteiger partial charge in [-0.1, -0.05) is 12.1 Å². The lowest BCUT2D eigenvalue weighted by Crippen LogP contribution is -2.42. The van der Waals surface area contributed by atoms with Gasteiger partial charge in [-0.25, -0.2) is 8.78 Å². The normalized spacial score (nSPS) is 20.3. The summed E-state index contributed by atoms with van der Waals surface area (Å²) >= 11 is 0. The number of carboxylic acids is 1. The van der Waals surface area contributed by atoms with E-state index in [1.807, 2.05) is 0 Å². The summed E-state index contributed by atoms with van der Waals surface area (Å²) in [6, 6.07) is 5.09. The van der Waals surface area contributed by atoms with Gasteiger partial charge < -0.3 is 5.11 Å². The van der Waals surface area contributed by atoms with E-state index in [0.29, 0.717) is 5.56 Å². The molecule has 0 bridgehead atoms. The molecule has 1 aromatic rings. The summed E-state index contributed by atoms with van der Waals surface area (Å²) in [7, 11) is 0. The van der Waals surface area contributed by atoms with Crippen LogP contribution >= 0.6 is 0 Å². The number of aliphatic carboxylic acids is 1. The van der Waals surface area contributed by atoms with Crippen LogP contribution in [-0.4, -0.2) is 21.9 Å². The second-order valence-corrected chi connectivity index (χ2v) is 5.05. The number of benzene rings is 1. The number of alkyl halides is 2. The lowest BCUT2D eigenvalue weighted by molar-refractivity contribution is -0.384. The van der Waals surface area contributed by atoms with Gasteiger partial charge in [0, 0.05) is 25.0 Å². The minimum atomic E-state index is -2.83. The third-order valence-electron chi connectivity index (χ3n) is 3.88. The van der Waals surface area contributed by atoms with Gasteiger partial charge in [0.25, 0.3) is 5.69 Å². The zero-order chi connectivity index (χ0) is 15.0. The van der Waals surface area contributed by atoms with Crippen LogP contribution < -0.4 is 0 Å². The quantitative estimate of drug-likeness (QED) is 0.683. The molecule has 0 atom stereocenters. The van der Waals surface area contributed by atoms with E-state index in [4.69, 9.17) is 0 Å². The van der Waals surface area contributed by atoms with Crippen LogP contribution in [0.5, 0.6) is 0 Å². The van der Waals surface area contributed by atoms with Gasteiger partial charge in [0.1, 0.15) is 0 Å². The smallest absolute Gasteiger partial charge is 0.314 e. The zero-order valence-corrected chi connectivity index (χ0v) is 10.5. The van der Waals surface area contributed by atoms with Crippen LogP contribution in [0.3, 0.4) is 0 Å². The molecule has 5 nitrogen and oxygen atoms in total. The number of hydrogen-bond donors (Lipinski definition) is 1. The van der Waals surface area contributed by atoms with Crippen LogP contribution in [0.4, 0.5) is 14.5 Å². The van der Waals surface area contributed by atoms with Crippen molar-refractivity contribution >= 4 is 11.7 Å². The Balaban J connectivity index is 2.34. The fourth-order valence-electron chi connectivity index (χ4n) is 2.57. The Morgan fingerprint density at radius 2 is 1.65 bits per heavy atom. The fourth-order valence-corrected chi connectivity index (χ4v) is 2.57. The first-order valence-corrected chi connectivity index (χ1v) is 6.13. The third-order valence-corrected chi connectivity index (χ3v) is 3.88. The SMILES string of the molecule is O=C(O)C1(c2ccc([N+](=O)[O-])cc2)CCC(F)(F)CC1. The molecule has 1 fully saturated rings. The van der Waals surface area contributed by atoms with E-state index in [2.05, 4.69) is 0 Å². The summed E-state index contributed by atoms with van der Waals surface area (Å²) in [6.07, 6.45) is -1.33. The van der Waals surface area contributed by atoms with Gasteiger partial charge in [-0.3, -0.25) is 14.9 Å². The molecular weight excluding hydrogens is 272 g/mol. The van der Waals surface area contributed by atoms with Crippen LogP contribution in [0.1, 0.15) is 31.2 Å². The summed E-state index contributed by atoms with van der Waals surface area (Å²) < 4.78 is 26.4. The number of carboxylic acid groups (broad SMARTS) is 1. The van der Waals surface area contributed by atoms with Gasteiger partial charge in [0.05, 0.1) is 10.3 Å². The maximum atomic E-state index is 13.2. The average Bonchev–Trinajstić information content (AvgIpc) is 2.39. The molecule has 0 saturated heterocycles. The lowest BCUT2D eigenvalue weighted by atomic mass is 9.68. The van der Waals surface area contributed by atoms with Crippen LogP contribution in [-0.2, 0) is 10.2 Å². The van der Waals surface area contributed by atoms with Gasteiger partial charge in [-0.2, -0.15) is 0 Å². The molecule has 1 aliphatic carbocycles. The van der Waals surface area contributed by atoms with Crippen LogP contribution in [0, 0.1) is 10.1 Å². The van der Waals surface area contributed by atoms with Crippen molar-refractivity contribution in [1.29, 1.82) is 0 Å². The number of nitro benzene ring substituents is 1. The first-order valence-electron chi connectivity index (χ1n) is 6.13. The van der Waals surface area contributed by atoms with Crippen LogP contribution in [0.25, 0.3) is 0 Å². The third kappa shape index (κ3) is 2.48. The number of hydrogen-bond acceptors (Lipinski definition) is 3. The summed E-state index contributed by atoms with van der Waals surface area (Å²) in [5.41, 5.74) is -1.20. The number of halogens is 2. The predicted molar refractivity (Wildman–Crippen MR) is 65.8 cm³/mol. The molecule has 2 rings (SSSR count). The Morgan fingerprint density at radius 3 is 2.05 bits per heavy atom. The predicted octanol–water partition coefficient (Wildman–Crippen LogP) is 3.13. The molecule has 1 aliphatic rings. The molecule has 0 spiro atoms. The Bertz CT molecular complexity index is 532. The molecule has 7 heteroatoms. The molecule has 0 amide bonds. The Labute approximate surface area is 113 Å². The molecule has 1 aromatic carbocycles. The second-order valence-electron chi connectivity index (χ2n) is 5.05. The van der Waals surface area contributed by atoms with E-state index >= 15 is 0 Å². The summed E-state index contributed by atoms with van der Waals surface area (Å²) in [4.78, 5) is 21.5. The van der Waals surface area contributed by atoms with Crippen molar-refractivity contribution in [3.63, 3.8) is 0 Å². The molecule has 1 N–H and O–H groups in total. The van der Waals surface area contributed by atoms with E-state index in [0.717, 1.165) is 0 Å². The topological polar surface area (TPSA) is 80.4 Å². The second kappa shape index (κ2) is 4.81. The minimum absolute atomic E-state index is 0.157. The first kappa shape index (κ1) is 14.4. The Hall–Kier alpha value is -2.05. The number of nitro groups is 1. The minimum Gasteiger partial charge on any atom is -0.481 e. The molecule has 20 heavy (non-hydrogen) atoms. The molecule has 0 unspecified atom stereocenters. The maximum absolute atomic E-state index is 13.2. The molecular formula is C13H13F2NO4. The van der Waals surface area contributed by atoms with Gasteiger partial charge >= 0.3 is 5.97 Å². The van der Waals surface area contributed by atoms with Crippen molar-refractivity contribution in [2.75, 3.05) is 0 Å². The largest absolute Gasteiger partial charge is 0.481 e. The molecule has 0 aliphatic heterocycles. The van der Waals surface area contributed by atoms with Gasteiger partial charge in [0.15, 0.2) is 0 Å². The number of nitrogens with zero attached hydrogens (tertiary/aromatic N) is 1. The number of rotatable bonds is 3. The summed E-state index contributed by atoms with van der Waals surface area (Å²) in [5, 5.41) is 20.0. The van der Waals surface area contributed by atoms with Gasteiger partial charge in [-0.15, -0.1) is 0 Å². The molecule has 108 valence electrons. The highest BCUT2D eigenvalue weighted by molar-refractivity contribution is 5.81. The van der Waals surface area contributed by atoms with E-state index in [1.165, 1.54) is 24.3 Å². The number of carbonyl (C=O) groups is 1.